The number of aryl methyl sites for hydroxylation is 1. The van der Waals surface area contributed by atoms with E-state index in [1.54, 1.807) is 0 Å². The van der Waals surface area contributed by atoms with Crippen LogP contribution in [0.15, 0.2) is 67.0 Å². The van der Waals surface area contributed by atoms with Gasteiger partial charge in [-0.05, 0) is 48.4 Å². The first-order valence-corrected chi connectivity index (χ1v) is 8.89. The fraction of sp³-hybridized carbons (Fsp3) is 0.100. The summed E-state index contributed by atoms with van der Waals surface area (Å²) in [7, 11) is 0. The summed E-state index contributed by atoms with van der Waals surface area (Å²) in [5.41, 5.74) is 4.13. The zero-order chi connectivity index (χ0) is 17.2. The van der Waals surface area contributed by atoms with Crippen LogP contribution < -0.4 is 5.32 Å². The molecular formula is C20H17N3OS. The summed E-state index contributed by atoms with van der Waals surface area (Å²) < 4.78 is 3.12. The molecule has 25 heavy (non-hydrogen) atoms. The first-order valence-electron chi connectivity index (χ1n) is 8.07. The van der Waals surface area contributed by atoms with E-state index in [9.17, 15) is 4.79 Å². The number of carbonyl (C=O) groups excluding carboxylic acids is 1. The van der Waals surface area contributed by atoms with Crippen molar-refractivity contribution in [3.63, 3.8) is 0 Å². The van der Waals surface area contributed by atoms with Crippen LogP contribution in [0.25, 0.3) is 15.9 Å². The standard InChI is InChI=1S/C20H17N3OS/c1-14-5-4-6-17-19(14)22-20(25-17)21-18(24)13-15-7-9-16(10-8-15)23-11-2-3-12-23/h2-12H,13H2,1H3,(H,21,22,24). The zero-order valence-electron chi connectivity index (χ0n) is 13.8. The second-order valence-corrected chi connectivity index (χ2v) is 6.95. The molecule has 2 aromatic heterocycles. The predicted octanol–water partition coefficient (Wildman–Crippen LogP) is 4.58. The van der Waals surface area contributed by atoms with Crippen LogP contribution in [0.5, 0.6) is 0 Å². The average Bonchev–Trinajstić information content (AvgIpc) is 3.25. The summed E-state index contributed by atoms with van der Waals surface area (Å²) in [6, 6.07) is 18.0. The van der Waals surface area contributed by atoms with Gasteiger partial charge in [-0.3, -0.25) is 4.79 Å². The summed E-state index contributed by atoms with van der Waals surface area (Å²) in [6.45, 7) is 2.03. The molecule has 0 spiro atoms. The minimum Gasteiger partial charge on any atom is -0.324 e. The van der Waals surface area contributed by atoms with Crippen LogP contribution in [0.1, 0.15) is 11.1 Å². The van der Waals surface area contributed by atoms with Crippen molar-refractivity contribution in [2.45, 2.75) is 13.3 Å². The minimum atomic E-state index is -0.0505. The molecule has 0 saturated carbocycles. The van der Waals surface area contributed by atoms with Crippen LogP contribution in [-0.4, -0.2) is 15.5 Å². The molecule has 0 aliphatic heterocycles. The molecule has 4 nitrogen and oxygen atoms in total. The fourth-order valence-electron chi connectivity index (χ4n) is 2.78. The number of anilines is 1. The Balaban J connectivity index is 1.45. The Labute approximate surface area is 149 Å². The van der Waals surface area contributed by atoms with E-state index in [-0.39, 0.29) is 5.91 Å². The Morgan fingerprint density at radius 3 is 2.56 bits per heavy atom. The van der Waals surface area contributed by atoms with Gasteiger partial charge in [0.1, 0.15) is 0 Å². The molecule has 0 fully saturated rings. The molecule has 2 heterocycles. The van der Waals surface area contributed by atoms with E-state index in [0.29, 0.717) is 11.6 Å². The number of nitrogens with one attached hydrogen (secondary N) is 1. The molecule has 0 aliphatic carbocycles. The highest BCUT2D eigenvalue weighted by Crippen LogP contribution is 2.27. The number of nitrogens with zero attached hydrogens (tertiary/aromatic N) is 2. The van der Waals surface area contributed by atoms with Crippen LogP contribution in [0.3, 0.4) is 0 Å². The number of fused-ring (bicyclic) bond motifs is 1. The maximum atomic E-state index is 12.3. The van der Waals surface area contributed by atoms with Crippen LogP contribution in [-0.2, 0) is 11.2 Å². The second kappa shape index (κ2) is 6.53. The van der Waals surface area contributed by atoms with E-state index in [4.69, 9.17) is 0 Å². The number of carbonyl (C=O) groups is 1. The van der Waals surface area contributed by atoms with Crippen LogP contribution >= 0.6 is 11.3 Å². The number of benzene rings is 2. The number of hydrogen-bond donors (Lipinski definition) is 1. The monoisotopic (exact) mass is 347 g/mol. The molecule has 0 atom stereocenters. The summed E-state index contributed by atoms with van der Waals surface area (Å²) in [5.74, 6) is -0.0505. The molecule has 0 bridgehead atoms. The Morgan fingerprint density at radius 1 is 1.08 bits per heavy atom. The fourth-order valence-corrected chi connectivity index (χ4v) is 3.74. The molecule has 1 amide bonds. The van der Waals surface area contributed by atoms with Gasteiger partial charge in [0.25, 0.3) is 0 Å². The third kappa shape index (κ3) is 3.32. The molecule has 4 aromatic rings. The molecule has 0 saturated heterocycles. The number of para-hydroxylation sites is 1. The van der Waals surface area contributed by atoms with E-state index in [2.05, 4.69) is 10.3 Å². The van der Waals surface area contributed by atoms with Gasteiger partial charge in [0.2, 0.25) is 5.91 Å². The van der Waals surface area contributed by atoms with Crippen molar-refractivity contribution in [2.24, 2.45) is 0 Å². The Morgan fingerprint density at radius 2 is 1.84 bits per heavy atom. The van der Waals surface area contributed by atoms with E-state index < -0.39 is 0 Å². The van der Waals surface area contributed by atoms with Crippen molar-refractivity contribution in [1.82, 2.24) is 9.55 Å². The lowest BCUT2D eigenvalue weighted by Gasteiger charge is -2.05. The van der Waals surface area contributed by atoms with Gasteiger partial charge >= 0.3 is 0 Å². The minimum absolute atomic E-state index is 0.0505. The lowest BCUT2D eigenvalue weighted by atomic mass is 10.1. The van der Waals surface area contributed by atoms with E-state index in [0.717, 1.165) is 27.0 Å². The highest BCUT2D eigenvalue weighted by Gasteiger charge is 2.10. The van der Waals surface area contributed by atoms with Crippen molar-refractivity contribution in [3.8, 4) is 5.69 Å². The van der Waals surface area contributed by atoms with Crippen LogP contribution in [0, 0.1) is 6.92 Å². The van der Waals surface area contributed by atoms with Crippen molar-refractivity contribution in [1.29, 1.82) is 0 Å². The second-order valence-electron chi connectivity index (χ2n) is 5.92. The third-order valence-electron chi connectivity index (χ3n) is 4.07. The Hall–Kier alpha value is -2.92. The average molecular weight is 347 g/mol. The van der Waals surface area contributed by atoms with Gasteiger partial charge in [-0.1, -0.05) is 35.6 Å². The highest BCUT2D eigenvalue weighted by atomic mass is 32.1. The molecule has 5 heteroatoms. The molecule has 4 rings (SSSR count). The molecular weight excluding hydrogens is 330 g/mol. The summed E-state index contributed by atoms with van der Waals surface area (Å²) >= 11 is 1.50. The molecule has 1 N–H and O–H groups in total. The van der Waals surface area contributed by atoms with E-state index in [1.807, 2.05) is 78.5 Å². The topological polar surface area (TPSA) is 46.9 Å². The first kappa shape index (κ1) is 15.6. The van der Waals surface area contributed by atoms with Gasteiger partial charge in [0.15, 0.2) is 5.13 Å². The molecule has 0 radical (unpaired) electrons. The van der Waals surface area contributed by atoms with Crippen molar-refractivity contribution in [2.75, 3.05) is 5.32 Å². The molecule has 2 aromatic carbocycles. The lowest BCUT2D eigenvalue weighted by Crippen LogP contribution is -2.14. The van der Waals surface area contributed by atoms with Crippen LogP contribution in [0.2, 0.25) is 0 Å². The van der Waals surface area contributed by atoms with E-state index in [1.165, 1.54) is 11.3 Å². The molecule has 0 unspecified atom stereocenters. The smallest absolute Gasteiger partial charge is 0.230 e. The molecule has 0 aliphatic rings. The van der Waals surface area contributed by atoms with E-state index >= 15 is 0 Å². The summed E-state index contributed by atoms with van der Waals surface area (Å²) in [6.07, 6.45) is 4.33. The van der Waals surface area contributed by atoms with Gasteiger partial charge in [-0.2, -0.15) is 0 Å². The summed E-state index contributed by atoms with van der Waals surface area (Å²) in [5, 5.41) is 3.56. The van der Waals surface area contributed by atoms with Gasteiger partial charge in [0.05, 0.1) is 16.6 Å². The lowest BCUT2D eigenvalue weighted by molar-refractivity contribution is -0.115. The quantitative estimate of drug-likeness (QED) is 0.587. The van der Waals surface area contributed by atoms with Crippen LogP contribution in [0.4, 0.5) is 5.13 Å². The Kier molecular flexibility index (Phi) is 4.07. The van der Waals surface area contributed by atoms with Gasteiger partial charge < -0.3 is 9.88 Å². The van der Waals surface area contributed by atoms with Crippen molar-refractivity contribution < 1.29 is 4.79 Å². The van der Waals surface area contributed by atoms with Gasteiger partial charge in [-0.15, -0.1) is 0 Å². The SMILES string of the molecule is Cc1cccc2sc(NC(=O)Cc3ccc(-n4cccc4)cc3)nc12. The maximum Gasteiger partial charge on any atom is 0.230 e. The highest BCUT2D eigenvalue weighted by molar-refractivity contribution is 7.22. The number of rotatable bonds is 4. The number of hydrogen-bond acceptors (Lipinski definition) is 3. The zero-order valence-corrected chi connectivity index (χ0v) is 14.6. The predicted molar refractivity (Wildman–Crippen MR) is 102 cm³/mol. The first-order chi connectivity index (χ1) is 12.2. The largest absolute Gasteiger partial charge is 0.324 e. The van der Waals surface area contributed by atoms with Gasteiger partial charge in [0, 0.05) is 18.1 Å². The van der Waals surface area contributed by atoms with Crippen molar-refractivity contribution >= 4 is 32.6 Å². The van der Waals surface area contributed by atoms with Crippen molar-refractivity contribution in [3.05, 3.63) is 78.1 Å². The summed E-state index contributed by atoms with van der Waals surface area (Å²) in [4.78, 5) is 16.8. The molecule has 124 valence electrons. The number of amides is 1. The number of thiazole rings is 1. The maximum absolute atomic E-state index is 12.3. The third-order valence-corrected chi connectivity index (χ3v) is 5.01. The number of aromatic nitrogens is 2. The van der Waals surface area contributed by atoms with Gasteiger partial charge in [-0.25, -0.2) is 4.98 Å². The normalized spacial score (nSPS) is 10.9. The Bertz CT molecular complexity index is 1020.